The van der Waals surface area contributed by atoms with Crippen molar-refractivity contribution in [3.8, 4) is 0 Å². The predicted octanol–water partition coefficient (Wildman–Crippen LogP) is 0.897. The van der Waals surface area contributed by atoms with E-state index in [0.29, 0.717) is 0 Å². The smallest absolute Gasteiger partial charge is 0.230 e. The number of ether oxygens (including phenoxy) is 7. The van der Waals surface area contributed by atoms with Gasteiger partial charge in [0.25, 0.3) is 0 Å². The standard InChI is InChI=1S/C17H28O8/c1-14(2)21-10-8-19-17(12-9(7-18)20-15(3,4)23-12)13(11(10)22-14)24-16(5,6)25-17/h9-13,18H,7-8H2,1-6H3/t9-,10+,11+,12+,13-,17-/m0/s1. The lowest BCUT2D eigenvalue weighted by Gasteiger charge is -2.44. The molecule has 0 aromatic heterocycles. The molecule has 0 aliphatic carbocycles. The molecule has 4 fully saturated rings. The van der Waals surface area contributed by atoms with Gasteiger partial charge in [-0.1, -0.05) is 0 Å². The largest absolute Gasteiger partial charge is 0.394 e. The average Bonchev–Trinajstić information content (AvgIpc) is 3.05. The molecular formula is C17H28O8. The first-order valence-electron chi connectivity index (χ1n) is 8.81. The highest BCUT2D eigenvalue weighted by Crippen LogP contribution is 2.52. The van der Waals surface area contributed by atoms with Crippen LogP contribution < -0.4 is 0 Å². The lowest BCUT2D eigenvalue weighted by molar-refractivity contribution is -0.327. The molecule has 4 aliphatic rings. The third-order valence-corrected chi connectivity index (χ3v) is 4.97. The Labute approximate surface area is 147 Å². The highest BCUT2D eigenvalue weighted by molar-refractivity contribution is 5.09. The van der Waals surface area contributed by atoms with E-state index >= 15 is 0 Å². The van der Waals surface area contributed by atoms with Crippen molar-refractivity contribution >= 4 is 0 Å². The first-order valence-corrected chi connectivity index (χ1v) is 8.81. The van der Waals surface area contributed by atoms with E-state index in [0.717, 1.165) is 0 Å². The number of hydrogen-bond acceptors (Lipinski definition) is 8. The molecule has 4 saturated heterocycles. The van der Waals surface area contributed by atoms with Crippen molar-refractivity contribution in [3.05, 3.63) is 0 Å². The van der Waals surface area contributed by atoms with Crippen LogP contribution in [0.5, 0.6) is 0 Å². The molecule has 8 nitrogen and oxygen atoms in total. The van der Waals surface area contributed by atoms with E-state index in [4.69, 9.17) is 33.2 Å². The van der Waals surface area contributed by atoms with Crippen molar-refractivity contribution in [2.45, 2.75) is 95.2 Å². The predicted molar refractivity (Wildman–Crippen MR) is 83.5 cm³/mol. The Morgan fingerprint density at radius 1 is 0.800 bits per heavy atom. The van der Waals surface area contributed by atoms with E-state index in [1.54, 1.807) is 13.8 Å². The summed E-state index contributed by atoms with van der Waals surface area (Å²) in [7, 11) is 0. The summed E-state index contributed by atoms with van der Waals surface area (Å²) in [6.07, 6.45) is -2.44. The maximum atomic E-state index is 9.80. The molecule has 0 unspecified atom stereocenters. The molecule has 4 aliphatic heterocycles. The second-order valence-electron chi connectivity index (χ2n) is 8.49. The van der Waals surface area contributed by atoms with Crippen LogP contribution in [-0.2, 0) is 33.2 Å². The van der Waals surface area contributed by atoms with Gasteiger partial charge in [-0.2, -0.15) is 0 Å². The molecule has 4 heterocycles. The summed E-state index contributed by atoms with van der Waals surface area (Å²) in [6.45, 7) is 11.0. The molecule has 0 saturated carbocycles. The van der Waals surface area contributed by atoms with Crippen molar-refractivity contribution in [1.82, 2.24) is 0 Å². The van der Waals surface area contributed by atoms with Crippen LogP contribution in [0.3, 0.4) is 0 Å². The summed E-state index contributed by atoms with van der Waals surface area (Å²) in [6, 6.07) is 0. The van der Waals surface area contributed by atoms with Crippen LogP contribution in [0.25, 0.3) is 0 Å². The third-order valence-electron chi connectivity index (χ3n) is 4.97. The second kappa shape index (κ2) is 5.36. The van der Waals surface area contributed by atoms with Gasteiger partial charge in [0.1, 0.15) is 30.5 Å². The maximum absolute atomic E-state index is 9.80. The second-order valence-corrected chi connectivity index (χ2v) is 8.49. The minimum absolute atomic E-state index is 0.216. The highest BCUT2D eigenvalue weighted by atomic mass is 16.9. The zero-order valence-corrected chi connectivity index (χ0v) is 15.6. The number of hydrogen-bond donors (Lipinski definition) is 1. The van der Waals surface area contributed by atoms with E-state index in [1.807, 2.05) is 27.7 Å². The van der Waals surface area contributed by atoms with Crippen LogP contribution in [-0.4, -0.2) is 72.0 Å². The fraction of sp³-hybridized carbons (Fsp3) is 1.00. The fourth-order valence-corrected chi connectivity index (χ4v) is 4.33. The van der Waals surface area contributed by atoms with E-state index in [-0.39, 0.29) is 25.4 Å². The van der Waals surface area contributed by atoms with Crippen molar-refractivity contribution in [1.29, 1.82) is 0 Å². The molecule has 1 N–H and O–H groups in total. The maximum Gasteiger partial charge on any atom is 0.230 e. The summed E-state index contributed by atoms with van der Waals surface area (Å²) >= 11 is 0. The van der Waals surface area contributed by atoms with Gasteiger partial charge in [-0.3, -0.25) is 0 Å². The summed E-state index contributed by atoms with van der Waals surface area (Å²) in [4.78, 5) is 0. The van der Waals surface area contributed by atoms with Crippen LogP contribution in [0.15, 0.2) is 0 Å². The normalized spacial score (nSPS) is 49.8. The first kappa shape index (κ1) is 18.1. The minimum Gasteiger partial charge on any atom is -0.394 e. The molecule has 0 spiro atoms. The Kier molecular flexibility index (Phi) is 3.87. The number of fused-ring (bicyclic) bond motifs is 3. The monoisotopic (exact) mass is 360 g/mol. The van der Waals surface area contributed by atoms with Crippen molar-refractivity contribution < 1.29 is 38.3 Å². The topological polar surface area (TPSA) is 84.8 Å². The van der Waals surface area contributed by atoms with Gasteiger partial charge in [0.05, 0.1) is 13.2 Å². The number of aliphatic hydroxyl groups is 1. The molecule has 0 amide bonds. The molecular weight excluding hydrogens is 332 g/mol. The molecule has 6 atom stereocenters. The Morgan fingerprint density at radius 2 is 1.44 bits per heavy atom. The van der Waals surface area contributed by atoms with Gasteiger partial charge >= 0.3 is 0 Å². The van der Waals surface area contributed by atoms with Gasteiger partial charge in [0, 0.05) is 0 Å². The van der Waals surface area contributed by atoms with E-state index in [1.165, 1.54) is 0 Å². The molecule has 0 radical (unpaired) electrons. The molecule has 0 aromatic carbocycles. The zero-order chi connectivity index (χ0) is 18.3. The molecule has 25 heavy (non-hydrogen) atoms. The Hall–Kier alpha value is -0.320. The van der Waals surface area contributed by atoms with Gasteiger partial charge in [-0.05, 0) is 41.5 Å². The third kappa shape index (κ3) is 2.83. The minimum atomic E-state index is -1.24. The molecule has 4 rings (SSSR count). The van der Waals surface area contributed by atoms with Crippen molar-refractivity contribution in [2.75, 3.05) is 13.2 Å². The Morgan fingerprint density at radius 3 is 2.12 bits per heavy atom. The summed E-state index contributed by atoms with van der Waals surface area (Å²) in [5.74, 6) is -3.73. The Bertz CT molecular complexity index is 547. The quantitative estimate of drug-likeness (QED) is 0.777. The molecule has 0 bridgehead atoms. The average molecular weight is 360 g/mol. The van der Waals surface area contributed by atoms with Crippen LogP contribution >= 0.6 is 0 Å². The van der Waals surface area contributed by atoms with Crippen LogP contribution in [0.2, 0.25) is 0 Å². The van der Waals surface area contributed by atoms with Gasteiger partial charge in [-0.25, -0.2) is 0 Å². The molecule has 0 aromatic rings. The van der Waals surface area contributed by atoms with E-state index in [2.05, 4.69) is 0 Å². The fourth-order valence-electron chi connectivity index (χ4n) is 4.33. The van der Waals surface area contributed by atoms with Crippen LogP contribution in [0.1, 0.15) is 41.5 Å². The van der Waals surface area contributed by atoms with Gasteiger partial charge in [0.2, 0.25) is 5.79 Å². The van der Waals surface area contributed by atoms with Gasteiger partial charge in [0.15, 0.2) is 17.4 Å². The Balaban J connectivity index is 1.71. The lowest BCUT2D eigenvalue weighted by atomic mass is 9.90. The molecule has 144 valence electrons. The van der Waals surface area contributed by atoms with E-state index in [9.17, 15) is 5.11 Å². The zero-order valence-electron chi connectivity index (χ0n) is 15.6. The number of rotatable bonds is 2. The van der Waals surface area contributed by atoms with Crippen molar-refractivity contribution in [2.24, 2.45) is 0 Å². The first-order chi connectivity index (χ1) is 11.5. The van der Waals surface area contributed by atoms with Crippen molar-refractivity contribution in [3.63, 3.8) is 0 Å². The summed E-state index contributed by atoms with van der Waals surface area (Å²) in [5.41, 5.74) is 0. The lowest BCUT2D eigenvalue weighted by Crippen LogP contribution is -2.66. The molecule has 8 heteroatoms. The van der Waals surface area contributed by atoms with E-state index < -0.39 is 41.5 Å². The summed E-state index contributed by atoms with van der Waals surface area (Å²) in [5, 5.41) is 9.80. The number of aliphatic hydroxyl groups excluding tert-OH is 1. The van der Waals surface area contributed by atoms with Gasteiger partial charge < -0.3 is 38.3 Å². The SMILES string of the molecule is CC1(C)O[C@@H](CO)[C@H]([C@@]23OC[C@H]4OC(C)(C)O[C@H]4[C@@H]2OC(C)(C)O3)O1. The van der Waals surface area contributed by atoms with Crippen LogP contribution in [0.4, 0.5) is 0 Å². The van der Waals surface area contributed by atoms with Gasteiger partial charge in [-0.15, -0.1) is 0 Å². The van der Waals surface area contributed by atoms with Crippen LogP contribution in [0, 0.1) is 0 Å². The summed E-state index contributed by atoms with van der Waals surface area (Å²) < 4.78 is 42.5. The highest BCUT2D eigenvalue weighted by Gasteiger charge is 2.71.